The second kappa shape index (κ2) is 2.29. The molecular formula is C7H6N4O2. The van der Waals surface area contributed by atoms with Crippen LogP contribution in [0.2, 0.25) is 0 Å². The van der Waals surface area contributed by atoms with Gasteiger partial charge in [-0.2, -0.15) is 9.94 Å². The predicted octanol–water partition coefficient (Wildman–Crippen LogP) is 0.804. The van der Waals surface area contributed by atoms with E-state index >= 15 is 0 Å². The van der Waals surface area contributed by atoms with Gasteiger partial charge in [0, 0.05) is 0 Å². The van der Waals surface area contributed by atoms with Crippen molar-refractivity contribution < 1.29 is 4.92 Å². The molecule has 1 heterocycles. The van der Waals surface area contributed by atoms with Crippen molar-refractivity contribution in [2.24, 2.45) is 0 Å². The Balaban J connectivity index is 2.34. The fraction of sp³-hybridized carbons (Fsp3) is 0.429. The van der Waals surface area contributed by atoms with Crippen LogP contribution in [0.5, 0.6) is 0 Å². The van der Waals surface area contributed by atoms with E-state index in [2.05, 4.69) is 11.2 Å². The van der Waals surface area contributed by atoms with E-state index in [4.69, 9.17) is 5.26 Å². The lowest BCUT2D eigenvalue weighted by Gasteiger charge is -1.98. The standard InChI is InChI=1S/C7H6N4O2/c8-5-7(2-3-7)10-4-1-6(9-10)11(12)13/h1,4H,2-3H2. The number of nitriles is 1. The molecule has 0 N–H and O–H groups in total. The Morgan fingerprint density at radius 1 is 1.77 bits per heavy atom. The van der Waals surface area contributed by atoms with Crippen molar-refractivity contribution in [3.63, 3.8) is 0 Å². The Morgan fingerprint density at radius 2 is 2.46 bits per heavy atom. The van der Waals surface area contributed by atoms with Crippen LogP contribution in [0, 0.1) is 21.4 Å². The Labute approximate surface area is 73.5 Å². The molecular weight excluding hydrogens is 172 g/mol. The molecule has 0 radical (unpaired) electrons. The second-order valence-corrected chi connectivity index (χ2v) is 3.02. The van der Waals surface area contributed by atoms with Crippen LogP contribution >= 0.6 is 0 Å². The van der Waals surface area contributed by atoms with Crippen molar-refractivity contribution in [1.82, 2.24) is 9.78 Å². The summed E-state index contributed by atoms with van der Waals surface area (Å²) in [6.07, 6.45) is 2.93. The molecule has 0 aromatic carbocycles. The zero-order chi connectivity index (χ0) is 9.47. The van der Waals surface area contributed by atoms with E-state index in [1.165, 1.54) is 16.9 Å². The first-order valence-electron chi connectivity index (χ1n) is 3.80. The molecule has 0 amide bonds. The summed E-state index contributed by atoms with van der Waals surface area (Å²) >= 11 is 0. The summed E-state index contributed by atoms with van der Waals surface area (Å²) < 4.78 is 1.38. The smallest absolute Gasteiger partial charge is 0.358 e. The highest BCUT2D eigenvalue weighted by atomic mass is 16.6. The van der Waals surface area contributed by atoms with Gasteiger partial charge in [0.1, 0.15) is 0 Å². The van der Waals surface area contributed by atoms with Crippen molar-refractivity contribution in [3.8, 4) is 6.07 Å². The van der Waals surface area contributed by atoms with E-state index in [-0.39, 0.29) is 5.82 Å². The molecule has 6 heteroatoms. The van der Waals surface area contributed by atoms with Gasteiger partial charge in [0.15, 0.2) is 5.54 Å². The zero-order valence-electron chi connectivity index (χ0n) is 6.67. The van der Waals surface area contributed by atoms with Gasteiger partial charge in [-0.25, -0.2) is 0 Å². The van der Waals surface area contributed by atoms with Crippen molar-refractivity contribution in [2.75, 3.05) is 0 Å². The summed E-state index contributed by atoms with van der Waals surface area (Å²) in [6, 6.07) is 3.40. The fourth-order valence-corrected chi connectivity index (χ4v) is 1.16. The summed E-state index contributed by atoms with van der Waals surface area (Å²) in [4.78, 5) is 9.73. The Morgan fingerprint density at radius 3 is 2.85 bits per heavy atom. The molecule has 13 heavy (non-hydrogen) atoms. The van der Waals surface area contributed by atoms with Gasteiger partial charge in [-0.05, 0) is 17.8 Å². The minimum atomic E-state index is -0.603. The van der Waals surface area contributed by atoms with Gasteiger partial charge in [-0.15, -0.1) is 0 Å². The monoisotopic (exact) mass is 178 g/mol. The van der Waals surface area contributed by atoms with Crippen LogP contribution in [0.4, 0.5) is 5.82 Å². The Hall–Kier alpha value is -1.90. The van der Waals surface area contributed by atoms with Gasteiger partial charge in [0.25, 0.3) is 0 Å². The van der Waals surface area contributed by atoms with Crippen molar-refractivity contribution >= 4 is 5.82 Å². The van der Waals surface area contributed by atoms with E-state index in [0.717, 1.165) is 12.8 Å². The summed E-state index contributed by atoms with van der Waals surface area (Å²) in [5, 5.41) is 22.8. The normalized spacial score (nSPS) is 17.8. The number of hydrogen-bond donors (Lipinski definition) is 0. The van der Waals surface area contributed by atoms with Gasteiger partial charge in [0.2, 0.25) is 0 Å². The van der Waals surface area contributed by atoms with Crippen molar-refractivity contribution in [2.45, 2.75) is 18.4 Å². The highest BCUT2D eigenvalue weighted by Gasteiger charge is 2.48. The Bertz CT molecular complexity index is 399. The highest BCUT2D eigenvalue weighted by Crippen LogP contribution is 2.42. The molecule has 1 saturated carbocycles. The molecule has 1 aromatic rings. The van der Waals surface area contributed by atoms with Crippen molar-refractivity contribution in [1.29, 1.82) is 5.26 Å². The molecule has 1 aliphatic rings. The number of rotatable bonds is 2. The van der Waals surface area contributed by atoms with Crippen LogP contribution in [0.3, 0.4) is 0 Å². The molecule has 0 bridgehead atoms. The van der Waals surface area contributed by atoms with Crippen LogP contribution in [-0.4, -0.2) is 14.7 Å². The number of nitro groups is 1. The molecule has 1 aromatic heterocycles. The molecule has 0 spiro atoms. The summed E-state index contributed by atoms with van der Waals surface area (Å²) in [7, 11) is 0. The van der Waals surface area contributed by atoms with Gasteiger partial charge in [-0.3, -0.25) is 0 Å². The third-order valence-electron chi connectivity index (χ3n) is 2.13. The molecule has 0 aliphatic heterocycles. The lowest BCUT2D eigenvalue weighted by atomic mass is 10.3. The van der Waals surface area contributed by atoms with Crippen molar-refractivity contribution in [3.05, 3.63) is 22.4 Å². The molecule has 66 valence electrons. The lowest BCUT2D eigenvalue weighted by Crippen LogP contribution is -2.14. The first-order valence-corrected chi connectivity index (χ1v) is 3.80. The van der Waals surface area contributed by atoms with Crippen LogP contribution in [0.25, 0.3) is 0 Å². The predicted molar refractivity (Wildman–Crippen MR) is 41.7 cm³/mol. The maximum absolute atomic E-state index is 10.3. The molecule has 6 nitrogen and oxygen atoms in total. The second-order valence-electron chi connectivity index (χ2n) is 3.02. The fourth-order valence-electron chi connectivity index (χ4n) is 1.16. The molecule has 0 atom stereocenters. The van der Waals surface area contributed by atoms with Crippen LogP contribution in [0.1, 0.15) is 12.8 Å². The quantitative estimate of drug-likeness (QED) is 0.495. The van der Waals surface area contributed by atoms with Gasteiger partial charge in [-0.1, -0.05) is 0 Å². The lowest BCUT2D eigenvalue weighted by molar-refractivity contribution is -0.389. The summed E-state index contributed by atoms with van der Waals surface area (Å²) in [5.41, 5.74) is -0.603. The van der Waals surface area contributed by atoms with E-state index in [0.29, 0.717) is 0 Å². The number of hydrogen-bond acceptors (Lipinski definition) is 4. The number of aromatic nitrogens is 2. The largest absolute Gasteiger partial charge is 0.389 e. The maximum atomic E-state index is 10.3. The van der Waals surface area contributed by atoms with E-state index in [9.17, 15) is 10.1 Å². The topological polar surface area (TPSA) is 84.8 Å². The SMILES string of the molecule is N#CC1(n2ccc([N+](=O)[O-])n2)CC1. The Kier molecular flexibility index (Phi) is 1.36. The van der Waals surface area contributed by atoms with Gasteiger partial charge < -0.3 is 10.1 Å². The first-order chi connectivity index (χ1) is 6.18. The minimum Gasteiger partial charge on any atom is -0.358 e. The van der Waals surface area contributed by atoms with E-state index in [1.807, 2.05) is 0 Å². The van der Waals surface area contributed by atoms with Gasteiger partial charge >= 0.3 is 5.82 Å². The average Bonchev–Trinajstić information content (AvgIpc) is 2.75. The number of nitrogens with zero attached hydrogens (tertiary/aromatic N) is 4. The van der Waals surface area contributed by atoms with E-state index < -0.39 is 10.5 Å². The molecule has 1 fully saturated rings. The molecule has 1 aliphatic carbocycles. The van der Waals surface area contributed by atoms with Crippen LogP contribution < -0.4 is 0 Å². The highest BCUT2D eigenvalue weighted by molar-refractivity contribution is 5.21. The molecule has 0 saturated heterocycles. The third kappa shape index (κ3) is 1.05. The van der Waals surface area contributed by atoms with Crippen LogP contribution in [0.15, 0.2) is 12.3 Å². The average molecular weight is 178 g/mol. The summed E-state index contributed by atoms with van der Waals surface area (Å²) in [5.74, 6) is -0.207. The maximum Gasteiger partial charge on any atom is 0.389 e. The van der Waals surface area contributed by atoms with E-state index in [1.54, 1.807) is 0 Å². The molecule has 0 unspecified atom stereocenters. The molecule has 2 rings (SSSR count). The third-order valence-corrected chi connectivity index (χ3v) is 2.13. The zero-order valence-corrected chi connectivity index (χ0v) is 6.67. The van der Waals surface area contributed by atoms with Gasteiger partial charge in [0.05, 0.1) is 23.4 Å². The summed E-state index contributed by atoms with van der Waals surface area (Å²) in [6.45, 7) is 0. The first kappa shape index (κ1) is 7.73. The minimum absolute atomic E-state index is 0.207. The van der Waals surface area contributed by atoms with Crippen LogP contribution in [-0.2, 0) is 5.54 Å².